The number of hydrazone groups is 1. The van der Waals surface area contributed by atoms with Gasteiger partial charge in [0.25, 0.3) is 5.91 Å². The molecule has 0 atom stereocenters. The molecule has 0 saturated carbocycles. The van der Waals surface area contributed by atoms with Gasteiger partial charge < -0.3 is 4.42 Å². The van der Waals surface area contributed by atoms with Gasteiger partial charge >= 0.3 is 0 Å². The Kier molecular flexibility index (Phi) is 4.74. The van der Waals surface area contributed by atoms with Crippen molar-refractivity contribution in [3.8, 4) is 0 Å². The van der Waals surface area contributed by atoms with Crippen molar-refractivity contribution in [1.29, 1.82) is 0 Å². The zero-order valence-electron chi connectivity index (χ0n) is 10.8. The molecule has 1 heterocycles. The summed E-state index contributed by atoms with van der Waals surface area (Å²) in [7, 11) is 0. The first kappa shape index (κ1) is 14.1. The third kappa shape index (κ3) is 3.83. The Morgan fingerprint density at radius 2 is 2.25 bits per heavy atom. The summed E-state index contributed by atoms with van der Waals surface area (Å²) in [5.74, 6) is 0.363. The van der Waals surface area contributed by atoms with Crippen molar-refractivity contribution in [2.45, 2.75) is 6.92 Å². The van der Waals surface area contributed by atoms with Crippen molar-refractivity contribution < 1.29 is 9.21 Å². The van der Waals surface area contributed by atoms with Crippen LogP contribution in [0.15, 0.2) is 52.2 Å². The first-order chi connectivity index (χ1) is 9.66. The molecule has 1 aromatic heterocycles. The molecule has 0 bridgehead atoms. The predicted octanol–water partition coefficient (Wildman–Crippen LogP) is 3.67. The molecule has 4 nitrogen and oxygen atoms in total. The summed E-state index contributed by atoms with van der Waals surface area (Å²) >= 11 is 5.99. The van der Waals surface area contributed by atoms with Crippen molar-refractivity contribution in [3.63, 3.8) is 0 Å². The van der Waals surface area contributed by atoms with Crippen molar-refractivity contribution in [2.75, 3.05) is 0 Å². The standard InChI is InChI=1S/C15H13ClN2O2/c1-11-6-7-13(14(16)10-11)15(19)18-17-8-2-4-12-5-3-9-20-12/h2-10H,1H3,(H,18,19)/b4-2+,17-8+. The van der Waals surface area contributed by atoms with Crippen molar-refractivity contribution in [3.05, 3.63) is 64.6 Å². The Bertz CT molecular complexity index is 646. The van der Waals surface area contributed by atoms with Crippen molar-refractivity contribution in [2.24, 2.45) is 5.10 Å². The van der Waals surface area contributed by atoms with Crippen LogP contribution in [0.5, 0.6) is 0 Å². The number of furan rings is 1. The molecule has 1 N–H and O–H groups in total. The molecule has 5 heteroatoms. The zero-order valence-corrected chi connectivity index (χ0v) is 11.6. The largest absolute Gasteiger partial charge is 0.465 e. The molecular weight excluding hydrogens is 276 g/mol. The quantitative estimate of drug-likeness (QED) is 0.689. The van der Waals surface area contributed by atoms with Gasteiger partial charge in [0.2, 0.25) is 0 Å². The number of hydrogen-bond donors (Lipinski definition) is 1. The minimum atomic E-state index is -0.349. The molecule has 2 rings (SSSR count). The summed E-state index contributed by atoms with van der Waals surface area (Å²) in [6.45, 7) is 1.91. The Hall–Kier alpha value is -2.33. The van der Waals surface area contributed by atoms with E-state index in [0.29, 0.717) is 16.3 Å². The fraction of sp³-hybridized carbons (Fsp3) is 0.0667. The lowest BCUT2D eigenvalue weighted by atomic mass is 10.1. The average Bonchev–Trinajstić information content (AvgIpc) is 2.91. The van der Waals surface area contributed by atoms with Gasteiger partial charge in [0.15, 0.2) is 0 Å². The molecule has 0 aliphatic rings. The summed E-state index contributed by atoms with van der Waals surface area (Å²) < 4.78 is 5.10. The highest BCUT2D eigenvalue weighted by Crippen LogP contribution is 2.17. The zero-order chi connectivity index (χ0) is 14.4. The number of amides is 1. The van der Waals surface area contributed by atoms with E-state index in [1.54, 1.807) is 36.6 Å². The number of nitrogens with zero attached hydrogens (tertiary/aromatic N) is 1. The van der Waals surface area contributed by atoms with Gasteiger partial charge in [-0.15, -0.1) is 0 Å². The SMILES string of the molecule is Cc1ccc(C(=O)N/N=C/C=C/c2ccco2)c(Cl)c1. The summed E-state index contributed by atoms with van der Waals surface area (Å²) in [6.07, 6.45) is 6.44. The number of halogens is 1. The van der Waals surface area contributed by atoms with E-state index in [1.807, 2.05) is 19.1 Å². The number of nitrogens with one attached hydrogen (secondary N) is 1. The predicted molar refractivity (Wildman–Crippen MR) is 79.9 cm³/mol. The maximum Gasteiger partial charge on any atom is 0.272 e. The number of hydrogen-bond acceptors (Lipinski definition) is 3. The van der Waals surface area contributed by atoms with Crippen LogP contribution in [-0.2, 0) is 0 Å². The van der Waals surface area contributed by atoms with E-state index in [4.69, 9.17) is 16.0 Å². The van der Waals surface area contributed by atoms with Crippen LogP contribution in [0.3, 0.4) is 0 Å². The first-order valence-corrected chi connectivity index (χ1v) is 6.34. The van der Waals surface area contributed by atoms with Crippen LogP contribution in [0.2, 0.25) is 5.02 Å². The van der Waals surface area contributed by atoms with Gasteiger partial charge in [-0.3, -0.25) is 4.79 Å². The van der Waals surface area contributed by atoms with Gasteiger partial charge in [-0.25, -0.2) is 5.43 Å². The topological polar surface area (TPSA) is 54.6 Å². The molecule has 0 unspecified atom stereocenters. The normalized spacial score (nSPS) is 11.3. The minimum absolute atomic E-state index is 0.349. The first-order valence-electron chi connectivity index (χ1n) is 5.96. The number of rotatable bonds is 4. The van der Waals surface area contributed by atoms with Crippen LogP contribution < -0.4 is 5.43 Å². The van der Waals surface area contributed by atoms with E-state index < -0.39 is 0 Å². The van der Waals surface area contributed by atoms with E-state index in [1.165, 1.54) is 6.21 Å². The second kappa shape index (κ2) is 6.73. The van der Waals surface area contributed by atoms with E-state index in [-0.39, 0.29) is 5.91 Å². The second-order valence-electron chi connectivity index (χ2n) is 4.08. The van der Waals surface area contributed by atoms with Crippen LogP contribution >= 0.6 is 11.6 Å². The van der Waals surface area contributed by atoms with Gasteiger partial charge in [-0.1, -0.05) is 17.7 Å². The van der Waals surface area contributed by atoms with E-state index >= 15 is 0 Å². The lowest BCUT2D eigenvalue weighted by Crippen LogP contribution is -2.17. The lowest BCUT2D eigenvalue weighted by molar-refractivity contribution is 0.0955. The number of carbonyl (C=O) groups is 1. The number of allylic oxidation sites excluding steroid dienone is 1. The fourth-order valence-corrected chi connectivity index (χ4v) is 1.85. The van der Waals surface area contributed by atoms with Gasteiger partial charge in [0.1, 0.15) is 5.76 Å². The maximum absolute atomic E-state index is 11.8. The minimum Gasteiger partial charge on any atom is -0.465 e. The Morgan fingerprint density at radius 1 is 1.40 bits per heavy atom. The molecule has 2 aromatic rings. The van der Waals surface area contributed by atoms with Crippen LogP contribution in [0.25, 0.3) is 6.08 Å². The van der Waals surface area contributed by atoms with Gasteiger partial charge in [-0.2, -0.15) is 5.10 Å². The summed E-state index contributed by atoms with van der Waals surface area (Å²) in [5.41, 5.74) is 3.79. The van der Waals surface area contributed by atoms with E-state index in [9.17, 15) is 4.79 Å². The fourth-order valence-electron chi connectivity index (χ4n) is 1.53. The highest BCUT2D eigenvalue weighted by Gasteiger charge is 2.08. The van der Waals surface area contributed by atoms with Crippen molar-refractivity contribution >= 4 is 29.8 Å². The summed E-state index contributed by atoms with van der Waals surface area (Å²) in [6, 6.07) is 8.83. The molecule has 1 aromatic carbocycles. The molecule has 102 valence electrons. The van der Waals surface area contributed by atoms with Crippen LogP contribution in [0.4, 0.5) is 0 Å². The number of aryl methyl sites for hydroxylation is 1. The van der Waals surface area contributed by atoms with Crippen LogP contribution in [0.1, 0.15) is 21.7 Å². The molecule has 0 saturated heterocycles. The van der Waals surface area contributed by atoms with Crippen molar-refractivity contribution in [1.82, 2.24) is 5.43 Å². The lowest BCUT2D eigenvalue weighted by Gasteiger charge is -2.02. The van der Waals surface area contributed by atoms with E-state index in [0.717, 1.165) is 5.56 Å². The Labute approximate surface area is 121 Å². The maximum atomic E-state index is 11.8. The molecule has 0 radical (unpaired) electrons. The van der Waals surface area contributed by atoms with E-state index in [2.05, 4.69) is 10.5 Å². The number of benzene rings is 1. The van der Waals surface area contributed by atoms with Crippen LogP contribution in [-0.4, -0.2) is 12.1 Å². The third-order valence-electron chi connectivity index (χ3n) is 2.50. The molecule has 0 aliphatic heterocycles. The Morgan fingerprint density at radius 3 is 2.95 bits per heavy atom. The molecule has 20 heavy (non-hydrogen) atoms. The molecule has 0 aliphatic carbocycles. The smallest absolute Gasteiger partial charge is 0.272 e. The monoisotopic (exact) mass is 288 g/mol. The Balaban J connectivity index is 1.92. The van der Waals surface area contributed by atoms with Crippen LogP contribution in [0, 0.1) is 6.92 Å². The second-order valence-corrected chi connectivity index (χ2v) is 4.48. The molecule has 0 spiro atoms. The molecular formula is C15H13ClN2O2. The number of carbonyl (C=O) groups excluding carboxylic acids is 1. The van der Waals surface area contributed by atoms with Gasteiger partial charge in [-0.05, 0) is 48.9 Å². The highest BCUT2D eigenvalue weighted by molar-refractivity contribution is 6.33. The summed E-state index contributed by atoms with van der Waals surface area (Å²) in [5, 5.41) is 4.21. The highest BCUT2D eigenvalue weighted by atomic mass is 35.5. The average molecular weight is 289 g/mol. The molecule has 1 amide bonds. The van der Waals surface area contributed by atoms with Gasteiger partial charge in [0.05, 0.1) is 16.8 Å². The molecule has 0 fully saturated rings. The van der Waals surface area contributed by atoms with Gasteiger partial charge in [0, 0.05) is 6.21 Å². The summed E-state index contributed by atoms with van der Waals surface area (Å²) in [4.78, 5) is 11.8. The third-order valence-corrected chi connectivity index (χ3v) is 2.81.